The molecule has 2 aromatic heterocycles. The fourth-order valence-electron chi connectivity index (χ4n) is 3.75. The van der Waals surface area contributed by atoms with Crippen molar-refractivity contribution in [2.75, 3.05) is 11.4 Å². The van der Waals surface area contributed by atoms with E-state index in [9.17, 15) is 0 Å². The van der Waals surface area contributed by atoms with E-state index in [-0.39, 0.29) is 0 Å². The maximum absolute atomic E-state index is 6.24. The Bertz CT molecular complexity index is 1120. The molecule has 0 saturated carbocycles. The summed E-state index contributed by atoms with van der Waals surface area (Å²) in [6, 6.07) is 12.4. The first kappa shape index (κ1) is 14.7. The van der Waals surface area contributed by atoms with Crippen molar-refractivity contribution in [3.05, 3.63) is 58.9 Å². The molecule has 0 aliphatic carbocycles. The van der Waals surface area contributed by atoms with Gasteiger partial charge in [0.15, 0.2) is 0 Å². The van der Waals surface area contributed by atoms with E-state index < -0.39 is 0 Å². The predicted octanol–water partition coefficient (Wildman–Crippen LogP) is 4.32. The molecule has 0 unspecified atom stereocenters. The van der Waals surface area contributed by atoms with E-state index in [1.807, 2.05) is 22.6 Å². The van der Waals surface area contributed by atoms with Gasteiger partial charge in [-0.2, -0.15) is 4.98 Å². The van der Waals surface area contributed by atoms with Crippen LogP contribution in [0.1, 0.15) is 17.5 Å². The zero-order valence-electron chi connectivity index (χ0n) is 13.8. The second-order valence-corrected chi connectivity index (χ2v) is 6.86. The lowest BCUT2D eigenvalue weighted by Gasteiger charge is -2.32. The zero-order chi connectivity index (χ0) is 17.0. The van der Waals surface area contributed by atoms with E-state index in [1.165, 1.54) is 16.8 Å². The van der Waals surface area contributed by atoms with Gasteiger partial charge in [0.25, 0.3) is 5.78 Å². The lowest BCUT2D eigenvalue weighted by molar-refractivity contribution is 0.757. The number of rotatable bonds is 1. The van der Waals surface area contributed by atoms with Gasteiger partial charge >= 0.3 is 0 Å². The highest BCUT2D eigenvalue weighted by Gasteiger charge is 2.23. The van der Waals surface area contributed by atoms with Crippen LogP contribution in [0, 0.1) is 6.92 Å². The molecule has 5 rings (SSSR count). The van der Waals surface area contributed by atoms with E-state index in [0.29, 0.717) is 10.8 Å². The standard InChI is InChI=1S/C19H16ClN5/c1-12-4-2-6-16-14(12)5-3-9-24(16)18-15-8-7-13(20)10-17(15)25-11-21-23-19(25)22-18/h2,4,6-8,10-11H,3,5,9H2,1H3. The molecule has 4 aromatic rings. The van der Waals surface area contributed by atoms with Gasteiger partial charge in [-0.3, -0.25) is 4.40 Å². The number of hydrogen-bond acceptors (Lipinski definition) is 4. The van der Waals surface area contributed by atoms with E-state index in [4.69, 9.17) is 16.6 Å². The molecule has 25 heavy (non-hydrogen) atoms. The van der Waals surface area contributed by atoms with Crippen LogP contribution < -0.4 is 4.90 Å². The van der Waals surface area contributed by atoms with Crippen molar-refractivity contribution in [3.63, 3.8) is 0 Å². The predicted molar refractivity (Wildman–Crippen MR) is 99.8 cm³/mol. The second-order valence-electron chi connectivity index (χ2n) is 6.43. The number of nitrogens with zero attached hydrogens (tertiary/aromatic N) is 5. The van der Waals surface area contributed by atoms with Gasteiger partial charge in [0.1, 0.15) is 12.1 Å². The van der Waals surface area contributed by atoms with Crippen LogP contribution in [0.15, 0.2) is 42.7 Å². The smallest absolute Gasteiger partial charge is 0.257 e. The van der Waals surface area contributed by atoms with Crippen LogP contribution in [0.25, 0.3) is 16.7 Å². The minimum absolute atomic E-state index is 0.588. The molecule has 0 bridgehead atoms. The number of fused-ring (bicyclic) bond motifs is 4. The van der Waals surface area contributed by atoms with E-state index in [1.54, 1.807) is 6.33 Å². The topological polar surface area (TPSA) is 46.3 Å². The summed E-state index contributed by atoms with van der Waals surface area (Å²) in [6.07, 6.45) is 3.89. The lowest BCUT2D eigenvalue weighted by Crippen LogP contribution is -2.26. The van der Waals surface area contributed by atoms with Gasteiger partial charge < -0.3 is 4.90 Å². The Morgan fingerprint density at radius 2 is 2.08 bits per heavy atom. The zero-order valence-corrected chi connectivity index (χ0v) is 14.5. The van der Waals surface area contributed by atoms with Crippen LogP contribution in [0.3, 0.4) is 0 Å². The first-order chi connectivity index (χ1) is 12.2. The molecule has 1 aliphatic heterocycles. The Morgan fingerprint density at radius 3 is 3.00 bits per heavy atom. The van der Waals surface area contributed by atoms with Gasteiger partial charge in [0, 0.05) is 22.6 Å². The molecule has 1 aliphatic rings. The van der Waals surface area contributed by atoms with Crippen molar-refractivity contribution in [2.45, 2.75) is 19.8 Å². The number of hydrogen-bond donors (Lipinski definition) is 0. The van der Waals surface area contributed by atoms with Crippen LogP contribution in [0.4, 0.5) is 11.5 Å². The molecule has 0 N–H and O–H groups in total. The highest BCUT2D eigenvalue weighted by atomic mass is 35.5. The Labute approximate surface area is 149 Å². The summed E-state index contributed by atoms with van der Waals surface area (Å²) in [6.45, 7) is 3.11. The van der Waals surface area contributed by atoms with Gasteiger partial charge in [-0.1, -0.05) is 23.7 Å². The number of benzene rings is 2. The molecule has 5 nitrogen and oxygen atoms in total. The summed E-state index contributed by atoms with van der Waals surface area (Å²) >= 11 is 6.24. The molecule has 0 spiro atoms. The minimum atomic E-state index is 0.588. The fourth-order valence-corrected chi connectivity index (χ4v) is 3.91. The van der Waals surface area contributed by atoms with Crippen molar-refractivity contribution in [2.24, 2.45) is 0 Å². The van der Waals surface area contributed by atoms with Crippen molar-refractivity contribution in [3.8, 4) is 0 Å². The van der Waals surface area contributed by atoms with Gasteiger partial charge in [-0.05, 0) is 55.2 Å². The molecule has 2 aromatic carbocycles. The van der Waals surface area contributed by atoms with Crippen LogP contribution in [-0.2, 0) is 6.42 Å². The van der Waals surface area contributed by atoms with Crippen molar-refractivity contribution >= 4 is 39.8 Å². The third-order valence-corrected chi connectivity index (χ3v) is 5.17. The van der Waals surface area contributed by atoms with Gasteiger partial charge in [-0.25, -0.2) is 0 Å². The molecule has 124 valence electrons. The van der Waals surface area contributed by atoms with Crippen LogP contribution >= 0.6 is 11.6 Å². The molecule has 0 fully saturated rings. The summed E-state index contributed by atoms with van der Waals surface area (Å²) < 4.78 is 1.88. The second kappa shape index (κ2) is 5.43. The molecular formula is C19H16ClN5. The number of aryl methyl sites for hydroxylation is 1. The van der Waals surface area contributed by atoms with Crippen LogP contribution in [0.2, 0.25) is 5.02 Å². The van der Waals surface area contributed by atoms with Crippen LogP contribution in [-0.4, -0.2) is 26.1 Å². The third kappa shape index (κ3) is 2.19. The van der Waals surface area contributed by atoms with Gasteiger partial charge in [-0.15, -0.1) is 10.2 Å². The molecule has 3 heterocycles. The molecule has 0 radical (unpaired) electrons. The van der Waals surface area contributed by atoms with Crippen molar-refractivity contribution in [1.29, 1.82) is 0 Å². The average Bonchev–Trinajstić information content (AvgIpc) is 3.10. The highest BCUT2D eigenvalue weighted by Crippen LogP contribution is 2.38. The van der Waals surface area contributed by atoms with E-state index in [0.717, 1.165) is 36.1 Å². The Hall–Kier alpha value is -2.66. The number of anilines is 2. The number of aromatic nitrogens is 4. The molecule has 6 heteroatoms. The first-order valence-electron chi connectivity index (χ1n) is 8.37. The quantitative estimate of drug-likeness (QED) is 0.513. The van der Waals surface area contributed by atoms with E-state index >= 15 is 0 Å². The highest BCUT2D eigenvalue weighted by molar-refractivity contribution is 6.31. The Kier molecular flexibility index (Phi) is 3.18. The van der Waals surface area contributed by atoms with E-state index in [2.05, 4.69) is 40.2 Å². The monoisotopic (exact) mass is 349 g/mol. The van der Waals surface area contributed by atoms with Crippen molar-refractivity contribution in [1.82, 2.24) is 19.6 Å². The van der Waals surface area contributed by atoms with Crippen molar-refractivity contribution < 1.29 is 0 Å². The summed E-state index contributed by atoms with van der Waals surface area (Å²) in [4.78, 5) is 7.12. The molecular weight excluding hydrogens is 334 g/mol. The summed E-state index contributed by atoms with van der Waals surface area (Å²) in [5.41, 5.74) is 4.94. The average molecular weight is 350 g/mol. The minimum Gasteiger partial charge on any atom is -0.325 e. The summed E-state index contributed by atoms with van der Waals surface area (Å²) in [5, 5.41) is 9.91. The summed E-state index contributed by atoms with van der Waals surface area (Å²) in [7, 11) is 0. The van der Waals surface area contributed by atoms with Gasteiger partial charge in [0.05, 0.1) is 5.52 Å². The largest absolute Gasteiger partial charge is 0.325 e. The molecule has 0 saturated heterocycles. The SMILES string of the molecule is Cc1cccc2c1CCCN2c1nc2nncn2c2cc(Cl)ccc12. The Balaban J connectivity index is 1.83. The Morgan fingerprint density at radius 1 is 1.16 bits per heavy atom. The molecule has 0 amide bonds. The first-order valence-corrected chi connectivity index (χ1v) is 8.75. The molecule has 0 atom stereocenters. The normalized spacial score (nSPS) is 14.2. The fraction of sp³-hybridized carbons (Fsp3) is 0.211. The maximum atomic E-state index is 6.24. The van der Waals surface area contributed by atoms with Crippen LogP contribution in [0.5, 0.6) is 0 Å². The van der Waals surface area contributed by atoms with Gasteiger partial charge in [0.2, 0.25) is 0 Å². The number of halogens is 1. The lowest BCUT2D eigenvalue weighted by atomic mass is 9.97. The third-order valence-electron chi connectivity index (χ3n) is 4.94. The maximum Gasteiger partial charge on any atom is 0.257 e. The summed E-state index contributed by atoms with van der Waals surface area (Å²) in [5.74, 6) is 1.50.